The van der Waals surface area contributed by atoms with E-state index in [1.165, 1.54) is 12.1 Å². The highest BCUT2D eigenvalue weighted by Gasteiger charge is 2.50. The van der Waals surface area contributed by atoms with Crippen molar-refractivity contribution in [1.82, 2.24) is 5.32 Å². The Morgan fingerprint density at radius 3 is 2.85 bits per heavy atom. The van der Waals surface area contributed by atoms with Crippen molar-refractivity contribution in [2.24, 2.45) is 10.9 Å². The van der Waals surface area contributed by atoms with Crippen molar-refractivity contribution < 1.29 is 18.7 Å². The molecule has 26 heavy (non-hydrogen) atoms. The standard InChI is InChI=1S/C19H18FN3O3/c20-16-7-6-14(21)8-15(16)19-11-25-9-13(19)10-26-18(23-19)22-17(24)12-4-2-1-3-5-12/h1-8,13H,9-11,21H2,(H,22,23,24). The van der Waals surface area contributed by atoms with E-state index in [-0.39, 0.29) is 31.1 Å². The van der Waals surface area contributed by atoms with Crippen molar-refractivity contribution in [2.45, 2.75) is 5.54 Å². The predicted molar refractivity (Wildman–Crippen MR) is 94.1 cm³/mol. The van der Waals surface area contributed by atoms with Gasteiger partial charge in [0, 0.05) is 22.7 Å². The number of nitrogens with two attached hydrogens (primary N) is 1. The van der Waals surface area contributed by atoms with E-state index in [9.17, 15) is 9.18 Å². The van der Waals surface area contributed by atoms with E-state index < -0.39 is 11.4 Å². The van der Waals surface area contributed by atoms with E-state index in [0.717, 1.165) is 0 Å². The summed E-state index contributed by atoms with van der Waals surface area (Å²) >= 11 is 0. The zero-order valence-electron chi connectivity index (χ0n) is 13.9. The summed E-state index contributed by atoms with van der Waals surface area (Å²) in [6.45, 7) is 0.867. The van der Waals surface area contributed by atoms with Crippen LogP contribution in [-0.4, -0.2) is 31.7 Å². The Kier molecular flexibility index (Phi) is 4.08. The molecule has 4 rings (SSSR count). The first-order chi connectivity index (χ1) is 12.6. The van der Waals surface area contributed by atoms with Gasteiger partial charge in [0.2, 0.25) is 0 Å². The minimum atomic E-state index is -0.961. The maximum Gasteiger partial charge on any atom is 0.292 e. The molecule has 0 aliphatic carbocycles. The number of nitrogens with one attached hydrogen (secondary N) is 1. The third-order valence-corrected chi connectivity index (χ3v) is 4.75. The molecule has 0 bridgehead atoms. The van der Waals surface area contributed by atoms with Gasteiger partial charge in [0.15, 0.2) is 0 Å². The van der Waals surface area contributed by atoms with Crippen LogP contribution in [0.1, 0.15) is 15.9 Å². The van der Waals surface area contributed by atoms with Gasteiger partial charge in [-0.25, -0.2) is 9.38 Å². The predicted octanol–water partition coefficient (Wildman–Crippen LogP) is 2.07. The second-order valence-electron chi connectivity index (χ2n) is 6.42. The number of nitrogens with zero attached hydrogens (tertiary/aromatic N) is 1. The number of carbonyl (C=O) groups excluding carboxylic acids is 1. The van der Waals surface area contributed by atoms with Gasteiger partial charge in [-0.15, -0.1) is 0 Å². The third kappa shape index (κ3) is 2.80. The van der Waals surface area contributed by atoms with Crippen molar-refractivity contribution in [3.63, 3.8) is 0 Å². The number of hydrogen-bond donors (Lipinski definition) is 2. The Morgan fingerprint density at radius 1 is 1.23 bits per heavy atom. The third-order valence-electron chi connectivity index (χ3n) is 4.75. The topological polar surface area (TPSA) is 85.9 Å². The molecule has 2 unspecified atom stereocenters. The minimum Gasteiger partial charge on any atom is -0.464 e. The molecule has 1 amide bonds. The molecule has 2 atom stereocenters. The van der Waals surface area contributed by atoms with Crippen LogP contribution in [0.5, 0.6) is 0 Å². The fourth-order valence-electron chi connectivity index (χ4n) is 3.37. The summed E-state index contributed by atoms with van der Waals surface area (Å²) in [5, 5.41) is 2.66. The largest absolute Gasteiger partial charge is 0.464 e. The highest BCUT2D eigenvalue weighted by Crippen LogP contribution is 2.43. The number of halogens is 1. The Morgan fingerprint density at radius 2 is 2.04 bits per heavy atom. The summed E-state index contributed by atoms with van der Waals surface area (Å²) in [4.78, 5) is 16.9. The Balaban J connectivity index is 1.69. The first kappa shape index (κ1) is 16.5. The van der Waals surface area contributed by atoms with Gasteiger partial charge in [0.1, 0.15) is 11.4 Å². The van der Waals surface area contributed by atoms with E-state index in [1.54, 1.807) is 30.3 Å². The molecule has 0 saturated carbocycles. The molecule has 3 N–H and O–H groups in total. The fraction of sp³-hybridized carbons (Fsp3) is 0.263. The van der Waals surface area contributed by atoms with Gasteiger partial charge >= 0.3 is 0 Å². The normalized spacial score (nSPS) is 24.3. The number of nitrogen functional groups attached to an aromatic ring is 1. The second-order valence-corrected chi connectivity index (χ2v) is 6.42. The molecule has 0 spiro atoms. The van der Waals surface area contributed by atoms with E-state index in [4.69, 9.17) is 15.2 Å². The van der Waals surface area contributed by atoms with Crippen LogP contribution in [-0.2, 0) is 15.0 Å². The number of fused-ring (bicyclic) bond motifs is 1. The molecule has 0 aromatic heterocycles. The monoisotopic (exact) mass is 355 g/mol. The van der Waals surface area contributed by atoms with Gasteiger partial charge in [-0.3, -0.25) is 10.1 Å². The van der Waals surface area contributed by atoms with Crippen LogP contribution in [0.2, 0.25) is 0 Å². The van der Waals surface area contributed by atoms with Gasteiger partial charge in [0.25, 0.3) is 11.9 Å². The number of ether oxygens (including phenoxy) is 2. The molecule has 1 fully saturated rings. The quantitative estimate of drug-likeness (QED) is 0.808. The molecular weight excluding hydrogens is 337 g/mol. The lowest BCUT2D eigenvalue weighted by molar-refractivity contribution is 0.0945. The van der Waals surface area contributed by atoms with Crippen LogP contribution in [0.4, 0.5) is 10.1 Å². The lowest BCUT2D eigenvalue weighted by atomic mass is 9.80. The van der Waals surface area contributed by atoms with E-state index in [0.29, 0.717) is 23.4 Å². The zero-order chi connectivity index (χ0) is 18.1. The van der Waals surface area contributed by atoms with E-state index in [2.05, 4.69) is 10.3 Å². The number of amides is 1. The molecule has 7 heteroatoms. The van der Waals surface area contributed by atoms with Crippen molar-refractivity contribution >= 4 is 17.6 Å². The maximum atomic E-state index is 14.5. The highest BCUT2D eigenvalue weighted by atomic mass is 19.1. The lowest BCUT2D eigenvalue weighted by Crippen LogP contribution is -2.46. The number of hydrogen-bond acceptors (Lipinski definition) is 5. The van der Waals surface area contributed by atoms with Crippen molar-refractivity contribution in [3.05, 3.63) is 65.5 Å². The summed E-state index contributed by atoms with van der Waals surface area (Å²) in [7, 11) is 0. The molecule has 2 aliphatic heterocycles. The zero-order valence-corrected chi connectivity index (χ0v) is 13.9. The number of benzene rings is 2. The summed E-state index contributed by atoms with van der Waals surface area (Å²) in [6, 6.07) is 13.2. The number of amidine groups is 1. The summed E-state index contributed by atoms with van der Waals surface area (Å²) < 4.78 is 25.7. The average molecular weight is 355 g/mol. The average Bonchev–Trinajstić information content (AvgIpc) is 3.08. The highest BCUT2D eigenvalue weighted by molar-refractivity contribution is 6.04. The SMILES string of the molecule is Nc1ccc(F)c(C23COCC2COC(NC(=O)c2ccccc2)=N3)c1. The van der Waals surface area contributed by atoms with E-state index in [1.807, 2.05) is 6.07 Å². The molecule has 2 heterocycles. The van der Waals surface area contributed by atoms with Crippen molar-refractivity contribution in [3.8, 4) is 0 Å². The smallest absolute Gasteiger partial charge is 0.292 e. The molecule has 1 saturated heterocycles. The van der Waals surface area contributed by atoms with Crippen LogP contribution in [0.15, 0.2) is 53.5 Å². The Labute approximate surface area is 149 Å². The van der Waals surface area contributed by atoms with Gasteiger partial charge in [-0.1, -0.05) is 18.2 Å². The van der Waals surface area contributed by atoms with Crippen molar-refractivity contribution in [1.29, 1.82) is 0 Å². The first-order valence-corrected chi connectivity index (χ1v) is 8.31. The van der Waals surface area contributed by atoms with Crippen LogP contribution in [0.25, 0.3) is 0 Å². The number of anilines is 1. The van der Waals surface area contributed by atoms with Crippen molar-refractivity contribution in [2.75, 3.05) is 25.6 Å². The van der Waals surface area contributed by atoms with Gasteiger partial charge < -0.3 is 15.2 Å². The summed E-state index contributed by atoms with van der Waals surface area (Å²) in [5.41, 5.74) is 6.17. The Hall–Kier alpha value is -2.93. The van der Waals surface area contributed by atoms with Crippen LogP contribution >= 0.6 is 0 Å². The number of aliphatic imine (C=N–C) groups is 1. The molecule has 0 radical (unpaired) electrons. The molecule has 6 nitrogen and oxygen atoms in total. The molecular formula is C19H18FN3O3. The van der Waals surface area contributed by atoms with Gasteiger partial charge in [-0.2, -0.15) is 0 Å². The van der Waals surface area contributed by atoms with Crippen LogP contribution in [0.3, 0.4) is 0 Å². The van der Waals surface area contributed by atoms with Gasteiger partial charge in [-0.05, 0) is 30.3 Å². The van der Waals surface area contributed by atoms with Crippen LogP contribution in [0, 0.1) is 11.7 Å². The van der Waals surface area contributed by atoms with E-state index >= 15 is 0 Å². The molecule has 2 aliphatic rings. The number of carbonyl (C=O) groups is 1. The summed E-state index contributed by atoms with van der Waals surface area (Å²) in [5.74, 6) is -0.907. The fourth-order valence-corrected chi connectivity index (χ4v) is 3.37. The first-order valence-electron chi connectivity index (χ1n) is 8.31. The second kappa shape index (κ2) is 6.42. The summed E-state index contributed by atoms with van der Waals surface area (Å²) in [6.07, 6.45) is 0. The lowest BCUT2D eigenvalue weighted by Gasteiger charge is -2.35. The van der Waals surface area contributed by atoms with Crippen LogP contribution < -0.4 is 11.1 Å². The molecule has 2 aromatic rings. The number of rotatable bonds is 2. The molecule has 2 aromatic carbocycles. The molecule has 134 valence electrons. The van der Waals surface area contributed by atoms with Gasteiger partial charge in [0.05, 0.1) is 19.8 Å². The minimum absolute atomic E-state index is 0.0578. The Bertz CT molecular complexity index is 872. The maximum absolute atomic E-state index is 14.5.